The average Bonchev–Trinajstić information content (AvgIpc) is 2.81. The summed E-state index contributed by atoms with van der Waals surface area (Å²) >= 11 is 6.18. The molecule has 2 amide bonds. The highest BCUT2D eigenvalue weighted by atomic mass is 35.5. The van der Waals surface area contributed by atoms with Gasteiger partial charge in [-0.05, 0) is 60.4 Å². The molecule has 3 rings (SSSR count). The van der Waals surface area contributed by atoms with Gasteiger partial charge in [-0.3, -0.25) is 9.59 Å². The largest absolute Gasteiger partial charge is 0.352 e. The minimum Gasteiger partial charge on any atom is -0.352 e. The molecule has 1 atom stereocenters. The Bertz CT molecular complexity index is 959. The molecule has 0 spiro atoms. The first-order valence-electron chi connectivity index (χ1n) is 12.6. The van der Waals surface area contributed by atoms with E-state index in [0.717, 1.165) is 36.8 Å². The lowest BCUT2D eigenvalue weighted by Gasteiger charge is -2.31. The summed E-state index contributed by atoms with van der Waals surface area (Å²) in [6.45, 7) is 8.78. The van der Waals surface area contributed by atoms with Crippen molar-refractivity contribution < 1.29 is 9.59 Å². The fourth-order valence-electron chi connectivity index (χ4n) is 4.55. The van der Waals surface area contributed by atoms with Crippen molar-refractivity contribution in [2.45, 2.75) is 96.7 Å². The van der Waals surface area contributed by atoms with Gasteiger partial charge in [-0.1, -0.05) is 88.0 Å². The Morgan fingerprint density at radius 2 is 1.71 bits per heavy atom. The Hall–Kier alpha value is -2.33. The van der Waals surface area contributed by atoms with E-state index in [4.69, 9.17) is 11.6 Å². The highest BCUT2D eigenvalue weighted by molar-refractivity contribution is 6.30. The second kappa shape index (κ2) is 11.9. The van der Waals surface area contributed by atoms with Gasteiger partial charge in [0.1, 0.15) is 6.04 Å². The van der Waals surface area contributed by atoms with E-state index < -0.39 is 6.04 Å². The molecule has 1 unspecified atom stereocenters. The second-order valence-electron chi connectivity index (χ2n) is 10.6. The lowest BCUT2D eigenvalue weighted by atomic mass is 9.86. The number of hydrogen-bond donors (Lipinski definition) is 1. The number of halogens is 1. The molecule has 0 aliphatic heterocycles. The zero-order chi connectivity index (χ0) is 24.7. The molecule has 34 heavy (non-hydrogen) atoms. The maximum atomic E-state index is 13.4. The Labute approximate surface area is 210 Å². The molecule has 4 nitrogen and oxygen atoms in total. The molecule has 1 aliphatic rings. The van der Waals surface area contributed by atoms with Gasteiger partial charge in [0.25, 0.3) is 0 Å². The van der Waals surface area contributed by atoms with Crippen LogP contribution in [0.1, 0.15) is 82.9 Å². The summed E-state index contributed by atoms with van der Waals surface area (Å²) in [5.74, 6) is -0.0945. The molecular weight excluding hydrogens is 444 g/mol. The van der Waals surface area contributed by atoms with Crippen LogP contribution in [0.4, 0.5) is 0 Å². The highest BCUT2D eigenvalue weighted by Gasteiger charge is 2.28. The molecule has 0 radical (unpaired) electrons. The van der Waals surface area contributed by atoms with Crippen molar-refractivity contribution in [2.75, 3.05) is 0 Å². The predicted molar refractivity (Wildman–Crippen MR) is 140 cm³/mol. The number of hydrogen-bond acceptors (Lipinski definition) is 2. The Morgan fingerprint density at radius 1 is 1.03 bits per heavy atom. The van der Waals surface area contributed by atoms with Crippen molar-refractivity contribution in [3.63, 3.8) is 0 Å². The summed E-state index contributed by atoms with van der Waals surface area (Å²) in [4.78, 5) is 28.2. The summed E-state index contributed by atoms with van der Waals surface area (Å²) in [5.41, 5.74) is 3.43. The Balaban J connectivity index is 1.69. The summed E-state index contributed by atoms with van der Waals surface area (Å²) in [6, 6.07) is 15.7. The van der Waals surface area contributed by atoms with Crippen molar-refractivity contribution in [3.05, 3.63) is 70.2 Å². The van der Waals surface area contributed by atoms with Crippen molar-refractivity contribution in [2.24, 2.45) is 0 Å². The van der Waals surface area contributed by atoms with Crippen molar-refractivity contribution in [1.29, 1.82) is 0 Å². The topological polar surface area (TPSA) is 49.4 Å². The number of carbonyl (C=O) groups is 2. The molecule has 1 saturated carbocycles. The van der Waals surface area contributed by atoms with Crippen LogP contribution >= 0.6 is 11.6 Å². The molecule has 1 N–H and O–H groups in total. The first-order valence-corrected chi connectivity index (χ1v) is 12.9. The third-order valence-electron chi connectivity index (χ3n) is 6.81. The lowest BCUT2D eigenvalue weighted by molar-refractivity contribution is -0.141. The first kappa shape index (κ1) is 26.3. The zero-order valence-corrected chi connectivity index (χ0v) is 21.8. The molecule has 0 heterocycles. The second-order valence-corrected chi connectivity index (χ2v) is 11.1. The fraction of sp³-hybridized carbons (Fsp3) is 0.517. The monoisotopic (exact) mass is 482 g/mol. The number of aryl methyl sites for hydroxylation is 1. The molecule has 0 aromatic heterocycles. The summed E-state index contributed by atoms with van der Waals surface area (Å²) in [7, 11) is 0. The normalized spacial score (nSPS) is 15.6. The van der Waals surface area contributed by atoms with Crippen LogP contribution in [0.2, 0.25) is 5.02 Å². The van der Waals surface area contributed by atoms with Crippen molar-refractivity contribution in [3.8, 4) is 0 Å². The molecular formula is C29H39ClN2O2. The third kappa shape index (κ3) is 7.59. The molecule has 2 aromatic carbocycles. The van der Waals surface area contributed by atoms with E-state index in [1.807, 2.05) is 31.2 Å². The van der Waals surface area contributed by atoms with Gasteiger partial charge in [0.15, 0.2) is 0 Å². The van der Waals surface area contributed by atoms with Gasteiger partial charge in [-0.15, -0.1) is 0 Å². The van der Waals surface area contributed by atoms with Crippen molar-refractivity contribution in [1.82, 2.24) is 10.2 Å². The van der Waals surface area contributed by atoms with Gasteiger partial charge in [0.2, 0.25) is 11.8 Å². The minimum atomic E-state index is -0.545. The van der Waals surface area contributed by atoms with Gasteiger partial charge in [-0.25, -0.2) is 0 Å². The van der Waals surface area contributed by atoms with E-state index in [1.54, 1.807) is 4.90 Å². The lowest BCUT2D eigenvalue weighted by Crippen LogP contribution is -2.50. The first-order chi connectivity index (χ1) is 16.1. The maximum absolute atomic E-state index is 13.4. The van der Waals surface area contributed by atoms with E-state index in [-0.39, 0.29) is 23.3 Å². The van der Waals surface area contributed by atoms with Crippen LogP contribution in [0.3, 0.4) is 0 Å². The van der Waals surface area contributed by atoms with Gasteiger partial charge in [-0.2, -0.15) is 0 Å². The molecule has 184 valence electrons. The molecule has 2 aromatic rings. The van der Waals surface area contributed by atoms with Crippen LogP contribution in [0, 0.1) is 0 Å². The van der Waals surface area contributed by atoms with Crippen LogP contribution in [0.5, 0.6) is 0 Å². The van der Waals surface area contributed by atoms with Gasteiger partial charge in [0.05, 0.1) is 0 Å². The van der Waals surface area contributed by atoms with E-state index in [2.05, 4.69) is 50.4 Å². The summed E-state index contributed by atoms with van der Waals surface area (Å²) in [5, 5.41) is 3.81. The maximum Gasteiger partial charge on any atom is 0.242 e. The number of nitrogens with one attached hydrogen (secondary N) is 1. The standard InChI is InChI=1S/C29H39ClN2O2/c1-21(28(34)31-26-11-6-5-7-12-26)32(20-23-9-8-10-25(30)19-23)27(33)18-15-22-13-16-24(17-14-22)29(2,3)4/h8-10,13-14,16-17,19,21,26H,5-7,11-12,15,18,20H2,1-4H3,(H,31,34). The van der Waals surface area contributed by atoms with Crippen LogP contribution < -0.4 is 5.32 Å². The van der Waals surface area contributed by atoms with Gasteiger partial charge in [0, 0.05) is 24.0 Å². The molecule has 1 aliphatic carbocycles. The third-order valence-corrected chi connectivity index (χ3v) is 7.04. The summed E-state index contributed by atoms with van der Waals surface area (Å²) in [6.07, 6.45) is 6.58. The number of amides is 2. The minimum absolute atomic E-state index is 0.0221. The predicted octanol–water partition coefficient (Wildman–Crippen LogP) is 6.44. The van der Waals surface area contributed by atoms with Crippen molar-refractivity contribution >= 4 is 23.4 Å². The molecule has 5 heteroatoms. The smallest absolute Gasteiger partial charge is 0.242 e. The average molecular weight is 483 g/mol. The quantitative estimate of drug-likeness (QED) is 0.470. The van der Waals surface area contributed by atoms with Crippen LogP contribution in [-0.2, 0) is 28.0 Å². The number of rotatable bonds is 8. The van der Waals surface area contributed by atoms with Crippen LogP contribution in [0.25, 0.3) is 0 Å². The molecule has 1 fully saturated rings. The van der Waals surface area contributed by atoms with Crippen LogP contribution in [-0.4, -0.2) is 28.8 Å². The van der Waals surface area contributed by atoms with Crippen LogP contribution in [0.15, 0.2) is 48.5 Å². The van der Waals surface area contributed by atoms with E-state index in [0.29, 0.717) is 24.4 Å². The number of carbonyl (C=O) groups excluding carboxylic acids is 2. The Morgan fingerprint density at radius 3 is 2.32 bits per heavy atom. The summed E-state index contributed by atoms with van der Waals surface area (Å²) < 4.78 is 0. The van der Waals surface area contributed by atoms with Gasteiger partial charge >= 0.3 is 0 Å². The Kier molecular flexibility index (Phi) is 9.18. The SMILES string of the molecule is CC(C(=O)NC1CCCCC1)N(Cc1cccc(Cl)c1)C(=O)CCc1ccc(C(C)(C)C)cc1. The van der Waals surface area contributed by atoms with E-state index >= 15 is 0 Å². The van der Waals surface area contributed by atoms with Gasteiger partial charge < -0.3 is 10.2 Å². The highest BCUT2D eigenvalue weighted by Crippen LogP contribution is 2.23. The number of benzene rings is 2. The molecule has 0 saturated heterocycles. The van der Waals surface area contributed by atoms with E-state index in [1.165, 1.54) is 12.0 Å². The number of nitrogens with zero attached hydrogens (tertiary/aromatic N) is 1. The fourth-order valence-corrected chi connectivity index (χ4v) is 4.76. The molecule has 0 bridgehead atoms. The zero-order valence-electron chi connectivity index (χ0n) is 21.1. The van der Waals surface area contributed by atoms with E-state index in [9.17, 15) is 9.59 Å².